The van der Waals surface area contributed by atoms with Gasteiger partial charge in [-0.15, -0.1) is 0 Å². The second-order valence-corrected chi connectivity index (χ2v) is 4.41. The zero-order valence-corrected chi connectivity index (χ0v) is 10.2. The van der Waals surface area contributed by atoms with Gasteiger partial charge in [0.1, 0.15) is 6.10 Å². The number of aliphatic hydroxyl groups excluding tert-OH is 1. The van der Waals surface area contributed by atoms with E-state index in [1.807, 2.05) is 13.8 Å². The zero-order chi connectivity index (χ0) is 11.4. The minimum Gasteiger partial charge on any atom is -0.386 e. The predicted molar refractivity (Wildman–Crippen MR) is 62.5 cm³/mol. The molecule has 0 aliphatic carbocycles. The zero-order valence-electron chi connectivity index (χ0n) is 8.71. The van der Waals surface area contributed by atoms with E-state index in [9.17, 15) is 5.11 Å². The molecule has 2 nitrogen and oxygen atoms in total. The Morgan fingerprint density at radius 3 is 2.60 bits per heavy atom. The maximum atomic E-state index is 9.81. The number of rotatable bonds is 4. The summed E-state index contributed by atoms with van der Waals surface area (Å²) in [6, 6.07) is 5.00. The van der Waals surface area contributed by atoms with Gasteiger partial charge in [-0.05, 0) is 32.0 Å². The Labute approximate surface area is 99.8 Å². The standard InChI is InChI=1S/C11H14Cl2O2/c1-7(2)15-6-11(14)9-5-8(12)3-4-10(9)13/h3-5,7,11,14H,6H2,1-2H3. The van der Waals surface area contributed by atoms with Crippen LogP contribution in [-0.4, -0.2) is 17.8 Å². The number of halogens is 2. The van der Waals surface area contributed by atoms with Gasteiger partial charge in [0.15, 0.2) is 0 Å². The van der Waals surface area contributed by atoms with Crippen LogP contribution in [-0.2, 0) is 4.74 Å². The lowest BCUT2D eigenvalue weighted by Gasteiger charge is -2.15. The van der Waals surface area contributed by atoms with Crippen LogP contribution in [0.4, 0.5) is 0 Å². The van der Waals surface area contributed by atoms with Crippen molar-refractivity contribution >= 4 is 23.2 Å². The molecule has 0 spiro atoms. The third kappa shape index (κ3) is 3.99. The topological polar surface area (TPSA) is 29.5 Å². The molecule has 0 radical (unpaired) electrons. The van der Waals surface area contributed by atoms with Crippen LogP contribution in [0, 0.1) is 0 Å². The Balaban J connectivity index is 2.72. The third-order valence-corrected chi connectivity index (χ3v) is 2.48. The molecule has 15 heavy (non-hydrogen) atoms. The summed E-state index contributed by atoms with van der Waals surface area (Å²) < 4.78 is 5.30. The summed E-state index contributed by atoms with van der Waals surface area (Å²) in [4.78, 5) is 0. The van der Waals surface area contributed by atoms with Crippen LogP contribution < -0.4 is 0 Å². The van der Waals surface area contributed by atoms with Crippen LogP contribution >= 0.6 is 23.2 Å². The van der Waals surface area contributed by atoms with E-state index >= 15 is 0 Å². The SMILES string of the molecule is CC(C)OCC(O)c1cc(Cl)ccc1Cl. The average Bonchev–Trinajstić information content (AvgIpc) is 2.18. The minimum absolute atomic E-state index is 0.0811. The highest BCUT2D eigenvalue weighted by molar-refractivity contribution is 6.33. The molecule has 1 unspecified atom stereocenters. The van der Waals surface area contributed by atoms with Crippen molar-refractivity contribution in [2.24, 2.45) is 0 Å². The molecule has 84 valence electrons. The fraction of sp³-hybridized carbons (Fsp3) is 0.455. The van der Waals surface area contributed by atoms with Crippen LogP contribution in [0.2, 0.25) is 10.0 Å². The maximum absolute atomic E-state index is 9.81. The average molecular weight is 249 g/mol. The molecule has 0 saturated heterocycles. The van der Waals surface area contributed by atoms with Crippen molar-refractivity contribution in [3.05, 3.63) is 33.8 Å². The quantitative estimate of drug-likeness (QED) is 0.885. The highest BCUT2D eigenvalue weighted by atomic mass is 35.5. The number of aliphatic hydroxyl groups is 1. The number of hydrogen-bond acceptors (Lipinski definition) is 2. The molecule has 0 aromatic heterocycles. The van der Waals surface area contributed by atoms with Crippen molar-refractivity contribution in [2.75, 3.05) is 6.61 Å². The first kappa shape index (κ1) is 12.8. The first-order valence-corrected chi connectivity index (χ1v) is 5.51. The molecule has 1 aromatic rings. The van der Waals surface area contributed by atoms with E-state index in [2.05, 4.69) is 0 Å². The van der Waals surface area contributed by atoms with Gasteiger partial charge in [0.25, 0.3) is 0 Å². The molecule has 4 heteroatoms. The molecule has 1 N–H and O–H groups in total. The van der Waals surface area contributed by atoms with Crippen LogP contribution in [0.3, 0.4) is 0 Å². The van der Waals surface area contributed by atoms with Crippen LogP contribution in [0.1, 0.15) is 25.5 Å². The highest BCUT2D eigenvalue weighted by Gasteiger charge is 2.12. The minimum atomic E-state index is -0.737. The number of hydrogen-bond donors (Lipinski definition) is 1. The van der Waals surface area contributed by atoms with Crippen molar-refractivity contribution in [2.45, 2.75) is 26.1 Å². The van der Waals surface area contributed by atoms with Gasteiger partial charge in [0, 0.05) is 15.6 Å². The van der Waals surface area contributed by atoms with Crippen molar-refractivity contribution in [1.82, 2.24) is 0 Å². The summed E-state index contributed by atoms with van der Waals surface area (Å²) in [5, 5.41) is 10.9. The second-order valence-electron chi connectivity index (χ2n) is 3.56. The Kier molecular flexibility index (Phi) is 4.87. The smallest absolute Gasteiger partial charge is 0.104 e. The Hall–Kier alpha value is -0.280. The van der Waals surface area contributed by atoms with Gasteiger partial charge in [-0.1, -0.05) is 23.2 Å². The predicted octanol–water partition coefficient (Wildman–Crippen LogP) is 3.45. The van der Waals surface area contributed by atoms with Gasteiger partial charge in [0.05, 0.1) is 12.7 Å². The summed E-state index contributed by atoms with van der Waals surface area (Å²) in [5.41, 5.74) is 0.602. The molecule has 0 saturated carbocycles. The molecule has 0 heterocycles. The summed E-state index contributed by atoms with van der Waals surface area (Å²) in [6.07, 6.45) is -0.656. The van der Waals surface area contributed by atoms with E-state index in [1.54, 1.807) is 18.2 Å². The monoisotopic (exact) mass is 248 g/mol. The maximum Gasteiger partial charge on any atom is 0.104 e. The summed E-state index contributed by atoms with van der Waals surface area (Å²) in [6.45, 7) is 4.04. The van der Waals surface area contributed by atoms with E-state index < -0.39 is 6.10 Å². The van der Waals surface area contributed by atoms with E-state index in [1.165, 1.54) is 0 Å². The van der Waals surface area contributed by atoms with Gasteiger partial charge < -0.3 is 9.84 Å². The second kappa shape index (κ2) is 5.71. The van der Waals surface area contributed by atoms with E-state index in [4.69, 9.17) is 27.9 Å². The van der Waals surface area contributed by atoms with Gasteiger partial charge in [-0.2, -0.15) is 0 Å². The molecular weight excluding hydrogens is 235 g/mol. The molecule has 0 bridgehead atoms. The highest BCUT2D eigenvalue weighted by Crippen LogP contribution is 2.26. The summed E-state index contributed by atoms with van der Waals surface area (Å²) in [5.74, 6) is 0. The molecule has 0 aliphatic rings. The van der Waals surface area contributed by atoms with Crippen molar-refractivity contribution in [3.63, 3.8) is 0 Å². The lowest BCUT2D eigenvalue weighted by atomic mass is 10.1. The van der Waals surface area contributed by atoms with E-state index in [0.717, 1.165) is 0 Å². The van der Waals surface area contributed by atoms with Crippen LogP contribution in [0.15, 0.2) is 18.2 Å². The largest absolute Gasteiger partial charge is 0.386 e. The first-order chi connectivity index (χ1) is 7.00. The van der Waals surface area contributed by atoms with Crippen molar-refractivity contribution < 1.29 is 9.84 Å². The fourth-order valence-corrected chi connectivity index (χ4v) is 1.57. The molecular formula is C11H14Cl2O2. The lowest BCUT2D eigenvalue weighted by Crippen LogP contribution is -2.12. The first-order valence-electron chi connectivity index (χ1n) is 4.75. The Morgan fingerprint density at radius 1 is 1.33 bits per heavy atom. The van der Waals surface area contributed by atoms with E-state index in [-0.39, 0.29) is 12.7 Å². The summed E-state index contributed by atoms with van der Waals surface area (Å²) >= 11 is 11.7. The third-order valence-electron chi connectivity index (χ3n) is 1.90. The van der Waals surface area contributed by atoms with Crippen LogP contribution in [0.5, 0.6) is 0 Å². The number of benzene rings is 1. The Bertz CT molecular complexity index is 326. The fourth-order valence-electron chi connectivity index (χ4n) is 1.14. The molecule has 0 fully saturated rings. The van der Waals surface area contributed by atoms with Crippen molar-refractivity contribution in [1.29, 1.82) is 0 Å². The lowest BCUT2D eigenvalue weighted by molar-refractivity contribution is 0.00497. The van der Waals surface area contributed by atoms with Gasteiger partial charge in [-0.25, -0.2) is 0 Å². The van der Waals surface area contributed by atoms with E-state index in [0.29, 0.717) is 15.6 Å². The van der Waals surface area contributed by atoms with Gasteiger partial charge >= 0.3 is 0 Å². The van der Waals surface area contributed by atoms with Gasteiger partial charge in [0.2, 0.25) is 0 Å². The summed E-state index contributed by atoms with van der Waals surface area (Å²) in [7, 11) is 0. The molecule has 1 atom stereocenters. The number of ether oxygens (including phenoxy) is 1. The Morgan fingerprint density at radius 2 is 2.00 bits per heavy atom. The molecule has 1 aromatic carbocycles. The molecule has 0 aliphatic heterocycles. The molecule has 1 rings (SSSR count). The normalized spacial score (nSPS) is 13.2. The van der Waals surface area contributed by atoms with Crippen LogP contribution in [0.25, 0.3) is 0 Å². The van der Waals surface area contributed by atoms with Gasteiger partial charge in [-0.3, -0.25) is 0 Å². The van der Waals surface area contributed by atoms with Crippen molar-refractivity contribution in [3.8, 4) is 0 Å². The molecule has 0 amide bonds.